The summed E-state index contributed by atoms with van der Waals surface area (Å²) in [7, 11) is 0. The van der Waals surface area contributed by atoms with E-state index in [1.807, 2.05) is 0 Å². The maximum absolute atomic E-state index is 12.6. The average Bonchev–Trinajstić information content (AvgIpc) is 3.07. The second-order valence-corrected chi connectivity index (χ2v) is 14.2. The van der Waals surface area contributed by atoms with Gasteiger partial charge in [0, 0.05) is 12.8 Å². The van der Waals surface area contributed by atoms with E-state index in [0.717, 1.165) is 57.8 Å². The van der Waals surface area contributed by atoms with Crippen molar-refractivity contribution in [3.63, 3.8) is 0 Å². The van der Waals surface area contributed by atoms with Crippen LogP contribution in [0, 0.1) is 0 Å². The molecule has 0 heterocycles. The summed E-state index contributed by atoms with van der Waals surface area (Å²) in [6.45, 7) is 4.52. The molecule has 0 aliphatic rings. The third kappa shape index (κ3) is 38.6. The molecule has 0 saturated carbocycles. The summed E-state index contributed by atoms with van der Waals surface area (Å²) in [6.07, 6.45) is 51.9. The fourth-order valence-corrected chi connectivity index (χ4v) is 6.18. The molecule has 0 amide bonds. The van der Waals surface area contributed by atoms with E-state index in [1.165, 1.54) is 141 Å². The number of hydrogen-bond donors (Lipinski definition) is 1. The zero-order chi connectivity index (χ0) is 35.0. The molecule has 0 fully saturated rings. The molecule has 0 rings (SSSR count). The van der Waals surface area contributed by atoms with Gasteiger partial charge in [-0.2, -0.15) is 0 Å². The van der Waals surface area contributed by atoms with Gasteiger partial charge in [-0.3, -0.25) is 9.59 Å². The number of esters is 1. The fraction of sp³-hybridized carbons (Fsp3) is 0.818. The van der Waals surface area contributed by atoms with Crippen LogP contribution in [0.25, 0.3) is 0 Å². The number of carboxylic acids is 1. The Balaban J connectivity index is 3.82. The van der Waals surface area contributed by atoms with Crippen molar-refractivity contribution in [1.29, 1.82) is 0 Å². The van der Waals surface area contributed by atoms with Crippen LogP contribution in [0.1, 0.15) is 226 Å². The molecular formula is C44H80O4. The molecule has 0 aromatic rings. The lowest BCUT2D eigenvalue weighted by Crippen LogP contribution is -2.16. The van der Waals surface area contributed by atoms with Crippen molar-refractivity contribution < 1.29 is 19.4 Å². The number of ether oxygens (including phenoxy) is 1. The van der Waals surface area contributed by atoms with E-state index in [2.05, 4.69) is 50.3 Å². The molecular weight excluding hydrogens is 592 g/mol. The van der Waals surface area contributed by atoms with Crippen LogP contribution in [-0.2, 0) is 14.3 Å². The van der Waals surface area contributed by atoms with E-state index in [4.69, 9.17) is 9.84 Å². The van der Waals surface area contributed by atoms with E-state index in [1.54, 1.807) is 0 Å². The van der Waals surface area contributed by atoms with Gasteiger partial charge < -0.3 is 9.84 Å². The second kappa shape index (κ2) is 39.6. The lowest BCUT2D eigenvalue weighted by molar-refractivity contribution is -0.147. The SMILES string of the molecule is CCCCCCC/C=C\C/C=C\CCCCCCCCCCCCCC(=O)OC(/C=C\CCCCCCCC)CCCCCCC(=O)O. The number of aliphatic carboxylic acids is 1. The molecule has 48 heavy (non-hydrogen) atoms. The minimum absolute atomic E-state index is 0.0640. The predicted octanol–water partition coefficient (Wildman–Crippen LogP) is 14.6. The second-order valence-electron chi connectivity index (χ2n) is 14.2. The molecule has 1 unspecified atom stereocenters. The minimum Gasteiger partial charge on any atom is -0.481 e. The van der Waals surface area contributed by atoms with E-state index in [-0.39, 0.29) is 18.5 Å². The Morgan fingerprint density at radius 2 is 0.875 bits per heavy atom. The first-order chi connectivity index (χ1) is 23.6. The van der Waals surface area contributed by atoms with E-state index in [9.17, 15) is 9.59 Å². The molecule has 4 heteroatoms. The van der Waals surface area contributed by atoms with Gasteiger partial charge in [-0.15, -0.1) is 0 Å². The first-order valence-corrected chi connectivity index (χ1v) is 21.0. The highest BCUT2D eigenvalue weighted by Crippen LogP contribution is 2.16. The van der Waals surface area contributed by atoms with Gasteiger partial charge >= 0.3 is 11.9 Å². The fourth-order valence-electron chi connectivity index (χ4n) is 6.18. The smallest absolute Gasteiger partial charge is 0.306 e. The zero-order valence-electron chi connectivity index (χ0n) is 32.0. The average molecular weight is 673 g/mol. The summed E-state index contributed by atoms with van der Waals surface area (Å²) >= 11 is 0. The number of carbonyl (C=O) groups excluding carboxylic acids is 1. The van der Waals surface area contributed by atoms with Gasteiger partial charge in [0.2, 0.25) is 0 Å². The van der Waals surface area contributed by atoms with Crippen LogP contribution >= 0.6 is 0 Å². The highest BCUT2D eigenvalue weighted by molar-refractivity contribution is 5.69. The Morgan fingerprint density at radius 1 is 0.479 bits per heavy atom. The van der Waals surface area contributed by atoms with Crippen LogP contribution in [0.3, 0.4) is 0 Å². The number of rotatable bonds is 38. The quantitative estimate of drug-likeness (QED) is 0.0403. The standard InChI is InChI=1S/C44H80O4/c1-3-5-7-9-11-13-14-15-16-17-18-19-20-21-22-23-24-25-26-27-29-31-37-41-44(47)48-42(39-35-32-33-36-40-43(45)46)38-34-30-28-12-10-8-6-4-2/h14-15,17-18,34,38,42H,3-13,16,19-33,35-37,39-41H2,1-2H3,(H,45,46)/b15-14-,18-17-,38-34-. The molecule has 1 atom stereocenters. The first-order valence-electron chi connectivity index (χ1n) is 21.0. The van der Waals surface area contributed by atoms with Crippen molar-refractivity contribution in [3.8, 4) is 0 Å². The van der Waals surface area contributed by atoms with E-state index in [0.29, 0.717) is 6.42 Å². The number of unbranched alkanes of at least 4 members (excludes halogenated alkanes) is 25. The van der Waals surface area contributed by atoms with Crippen molar-refractivity contribution in [2.24, 2.45) is 0 Å². The summed E-state index contributed by atoms with van der Waals surface area (Å²) in [4.78, 5) is 23.3. The maximum Gasteiger partial charge on any atom is 0.306 e. The summed E-state index contributed by atoms with van der Waals surface area (Å²) < 4.78 is 5.88. The summed E-state index contributed by atoms with van der Waals surface area (Å²) in [5, 5.41) is 8.83. The lowest BCUT2D eigenvalue weighted by atomic mass is 10.0. The van der Waals surface area contributed by atoms with Crippen molar-refractivity contribution in [1.82, 2.24) is 0 Å². The topological polar surface area (TPSA) is 63.6 Å². The molecule has 0 aromatic heterocycles. The first kappa shape index (κ1) is 46.2. The van der Waals surface area contributed by atoms with Crippen LogP contribution in [0.4, 0.5) is 0 Å². The van der Waals surface area contributed by atoms with Crippen molar-refractivity contribution >= 4 is 11.9 Å². The van der Waals surface area contributed by atoms with E-state index < -0.39 is 5.97 Å². The van der Waals surface area contributed by atoms with Gasteiger partial charge in [0.15, 0.2) is 0 Å². The Hall–Kier alpha value is -1.84. The minimum atomic E-state index is -0.721. The van der Waals surface area contributed by atoms with Gasteiger partial charge in [0.25, 0.3) is 0 Å². The molecule has 1 N–H and O–H groups in total. The highest BCUT2D eigenvalue weighted by Gasteiger charge is 2.11. The number of carboxylic acid groups (broad SMARTS) is 1. The molecule has 0 aliphatic heterocycles. The zero-order valence-corrected chi connectivity index (χ0v) is 32.0. The third-order valence-electron chi connectivity index (χ3n) is 9.32. The largest absolute Gasteiger partial charge is 0.481 e. The van der Waals surface area contributed by atoms with Gasteiger partial charge in [-0.05, 0) is 76.7 Å². The van der Waals surface area contributed by atoms with Crippen molar-refractivity contribution in [2.75, 3.05) is 0 Å². The summed E-state index contributed by atoms with van der Waals surface area (Å²) in [5.74, 6) is -0.785. The number of allylic oxidation sites excluding steroid dienone is 5. The van der Waals surface area contributed by atoms with Gasteiger partial charge in [0.1, 0.15) is 6.10 Å². The maximum atomic E-state index is 12.6. The Labute approximate surface area is 299 Å². The summed E-state index contributed by atoms with van der Waals surface area (Å²) in [5.41, 5.74) is 0. The third-order valence-corrected chi connectivity index (χ3v) is 9.32. The molecule has 0 saturated heterocycles. The number of carbonyl (C=O) groups is 2. The van der Waals surface area contributed by atoms with E-state index >= 15 is 0 Å². The highest BCUT2D eigenvalue weighted by atomic mass is 16.5. The Morgan fingerprint density at radius 3 is 1.35 bits per heavy atom. The molecule has 0 radical (unpaired) electrons. The Kier molecular flexibility index (Phi) is 38.1. The van der Waals surface area contributed by atoms with Crippen LogP contribution in [0.2, 0.25) is 0 Å². The molecule has 280 valence electrons. The molecule has 4 nitrogen and oxygen atoms in total. The van der Waals surface area contributed by atoms with Crippen molar-refractivity contribution in [3.05, 3.63) is 36.5 Å². The summed E-state index contributed by atoms with van der Waals surface area (Å²) in [6, 6.07) is 0. The van der Waals surface area contributed by atoms with Crippen molar-refractivity contribution in [2.45, 2.75) is 232 Å². The lowest BCUT2D eigenvalue weighted by Gasteiger charge is -2.15. The monoisotopic (exact) mass is 673 g/mol. The van der Waals surface area contributed by atoms with Gasteiger partial charge in [0.05, 0.1) is 0 Å². The normalized spacial score (nSPS) is 12.5. The molecule has 0 bridgehead atoms. The molecule has 0 aliphatic carbocycles. The molecule has 0 spiro atoms. The van der Waals surface area contributed by atoms with Gasteiger partial charge in [-0.1, -0.05) is 173 Å². The van der Waals surface area contributed by atoms with Crippen LogP contribution in [0.15, 0.2) is 36.5 Å². The van der Waals surface area contributed by atoms with Gasteiger partial charge in [-0.25, -0.2) is 0 Å². The predicted molar refractivity (Wildman–Crippen MR) is 209 cm³/mol. The number of hydrogen-bond acceptors (Lipinski definition) is 3. The molecule has 0 aromatic carbocycles. The van der Waals surface area contributed by atoms with Crippen LogP contribution in [-0.4, -0.2) is 23.1 Å². The van der Waals surface area contributed by atoms with Crippen LogP contribution < -0.4 is 0 Å². The van der Waals surface area contributed by atoms with Crippen LogP contribution in [0.5, 0.6) is 0 Å². The Bertz CT molecular complexity index is 768.